The molecule has 0 aliphatic rings. The fourth-order valence-electron chi connectivity index (χ4n) is 2.76. The number of nitrogen functional groups attached to an aromatic ring is 1. The Bertz CT molecular complexity index is 1170. The number of nitrogens with one attached hydrogen (secondary N) is 1. The second-order valence-corrected chi connectivity index (χ2v) is 6.21. The zero-order chi connectivity index (χ0) is 21.7. The van der Waals surface area contributed by atoms with Crippen LogP contribution in [0.25, 0.3) is 17.0 Å². The summed E-state index contributed by atoms with van der Waals surface area (Å²) in [7, 11) is 0. The summed E-state index contributed by atoms with van der Waals surface area (Å²) in [5.74, 6) is -1.01. The van der Waals surface area contributed by atoms with Crippen LogP contribution in [0.4, 0.5) is 17.1 Å². The number of rotatable bonds is 6. The number of hydrogen-bond acceptors (Lipinski definition) is 7. The van der Waals surface area contributed by atoms with E-state index in [4.69, 9.17) is 10.5 Å². The summed E-state index contributed by atoms with van der Waals surface area (Å²) in [4.78, 5) is 38.8. The van der Waals surface area contributed by atoms with Crippen molar-refractivity contribution in [3.8, 4) is 0 Å². The lowest BCUT2D eigenvalue weighted by molar-refractivity contribution is -0.384. The number of amides is 1. The van der Waals surface area contributed by atoms with E-state index in [0.29, 0.717) is 22.2 Å². The minimum atomic E-state index is -0.571. The van der Waals surface area contributed by atoms with Gasteiger partial charge >= 0.3 is 5.97 Å². The standard InChI is InChI=1S/C21H18N4O5/c1-2-30-21(27)17-12-23-18-8-7-14(11-16(18)20(17)22)24-19(26)9-6-13-4-3-5-15(10-13)25(28)29/h3-12H,2H2,1H3,(H2,22,23)(H,24,26)/b9-6+. The van der Waals surface area contributed by atoms with Gasteiger partial charge in [-0.2, -0.15) is 0 Å². The Hall–Kier alpha value is -4.27. The average Bonchev–Trinajstić information content (AvgIpc) is 2.73. The molecule has 0 radical (unpaired) electrons. The Morgan fingerprint density at radius 2 is 2.07 bits per heavy atom. The number of ether oxygens (including phenoxy) is 1. The van der Waals surface area contributed by atoms with Crippen molar-refractivity contribution >= 4 is 45.9 Å². The summed E-state index contributed by atoms with van der Waals surface area (Å²) in [6, 6.07) is 10.8. The third-order valence-corrected chi connectivity index (χ3v) is 4.18. The van der Waals surface area contributed by atoms with Gasteiger partial charge in [-0.25, -0.2) is 4.79 Å². The molecule has 3 aromatic rings. The zero-order valence-corrected chi connectivity index (χ0v) is 16.0. The van der Waals surface area contributed by atoms with Crippen molar-refractivity contribution in [1.29, 1.82) is 0 Å². The minimum Gasteiger partial charge on any atom is -0.462 e. The van der Waals surface area contributed by atoms with E-state index in [-0.39, 0.29) is 23.5 Å². The number of esters is 1. The Morgan fingerprint density at radius 3 is 2.80 bits per heavy atom. The first kappa shape index (κ1) is 20.5. The van der Waals surface area contributed by atoms with Crippen LogP contribution >= 0.6 is 0 Å². The van der Waals surface area contributed by atoms with Crippen LogP contribution in [0.1, 0.15) is 22.8 Å². The van der Waals surface area contributed by atoms with Crippen molar-refractivity contribution in [2.45, 2.75) is 6.92 Å². The van der Waals surface area contributed by atoms with E-state index in [1.807, 2.05) is 0 Å². The largest absolute Gasteiger partial charge is 0.462 e. The predicted octanol–water partition coefficient (Wildman–Crippen LogP) is 3.55. The zero-order valence-electron chi connectivity index (χ0n) is 16.0. The Morgan fingerprint density at radius 1 is 1.27 bits per heavy atom. The van der Waals surface area contributed by atoms with Crippen LogP contribution < -0.4 is 11.1 Å². The Labute approximate surface area is 171 Å². The van der Waals surface area contributed by atoms with Crippen molar-refractivity contribution in [1.82, 2.24) is 4.98 Å². The molecular weight excluding hydrogens is 388 g/mol. The molecule has 0 atom stereocenters. The van der Waals surface area contributed by atoms with Gasteiger partial charge in [0, 0.05) is 35.5 Å². The van der Waals surface area contributed by atoms with Crippen LogP contribution in [0.3, 0.4) is 0 Å². The fraction of sp³-hybridized carbons (Fsp3) is 0.0952. The number of anilines is 2. The third kappa shape index (κ3) is 4.58. The molecule has 0 fully saturated rings. The van der Waals surface area contributed by atoms with E-state index in [0.717, 1.165) is 0 Å². The normalized spacial score (nSPS) is 10.8. The maximum atomic E-state index is 12.2. The molecule has 1 aromatic heterocycles. The molecule has 0 spiro atoms. The molecule has 0 aliphatic carbocycles. The van der Waals surface area contributed by atoms with Crippen LogP contribution in [-0.4, -0.2) is 28.4 Å². The minimum absolute atomic E-state index is 0.0625. The van der Waals surface area contributed by atoms with Crippen molar-refractivity contribution in [3.05, 3.63) is 76.0 Å². The molecule has 2 aromatic carbocycles. The predicted molar refractivity (Wildman–Crippen MR) is 113 cm³/mol. The van der Waals surface area contributed by atoms with E-state index in [9.17, 15) is 19.7 Å². The fourth-order valence-corrected chi connectivity index (χ4v) is 2.76. The molecule has 0 aliphatic heterocycles. The Kier molecular flexibility index (Phi) is 6.02. The molecule has 0 unspecified atom stereocenters. The van der Waals surface area contributed by atoms with Gasteiger partial charge in [0.05, 0.1) is 22.7 Å². The number of nitro benzene ring substituents is 1. The first-order chi connectivity index (χ1) is 14.4. The van der Waals surface area contributed by atoms with Gasteiger partial charge < -0.3 is 15.8 Å². The first-order valence-corrected chi connectivity index (χ1v) is 8.98. The lowest BCUT2D eigenvalue weighted by Gasteiger charge is -2.09. The molecule has 1 amide bonds. The second-order valence-electron chi connectivity index (χ2n) is 6.21. The van der Waals surface area contributed by atoms with Crippen molar-refractivity contribution in [3.63, 3.8) is 0 Å². The van der Waals surface area contributed by atoms with Gasteiger partial charge in [0.15, 0.2) is 0 Å². The molecule has 1 heterocycles. The van der Waals surface area contributed by atoms with E-state index in [1.165, 1.54) is 36.5 Å². The first-order valence-electron chi connectivity index (χ1n) is 8.98. The number of carbonyl (C=O) groups is 2. The highest BCUT2D eigenvalue weighted by Gasteiger charge is 2.15. The number of nitrogens with two attached hydrogens (primary N) is 1. The quantitative estimate of drug-likeness (QED) is 0.276. The van der Waals surface area contributed by atoms with Crippen LogP contribution in [0.15, 0.2) is 54.7 Å². The van der Waals surface area contributed by atoms with Gasteiger partial charge in [0.25, 0.3) is 5.69 Å². The molecule has 3 N–H and O–H groups in total. The smallest absolute Gasteiger partial charge is 0.341 e. The van der Waals surface area contributed by atoms with Gasteiger partial charge in [0.2, 0.25) is 5.91 Å². The number of non-ortho nitro benzene ring substituents is 1. The van der Waals surface area contributed by atoms with Crippen LogP contribution in [-0.2, 0) is 9.53 Å². The highest BCUT2D eigenvalue weighted by molar-refractivity contribution is 6.07. The molecule has 30 heavy (non-hydrogen) atoms. The number of carbonyl (C=O) groups excluding carboxylic acids is 2. The Balaban J connectivity index is 1.80. The number of nitrogens with zero attached hydrogens (tertiary/aromatic N) is 2. The molecule has 9 nitrogen and oxygen atoms in total. The molecule has 3 rings (SSSR count). The second kappa shape index (κ2) is 8.82. The lowest BCUT2D eigenvalue weighted by atomic mass is 10.1. The summed E-state index contributed by atoms with van der Waals surface area (Å²) >= 11 is 0. The number of hydrogen-bond donors (Lipinski definition) is 2. The van der Waals surface area contributed by atoms with Crippen LogP contribution in [0, 0.1) is 10.1 Å². The number of benzene rings is 2. The summed E-state index contributed by atoms with van der Waals surface area (Å²) in [5, 5.41) is 14.0. The maximum Gasteiger partial charge on any atom is 0.341 e. The van der Waals surface area contributed by atoms with E-state index < -0.39 is 16.8 Å². The van der Waals surface area contributed by atoms with Crippen molar-refractivity contribution in [2.24, 2.45) is 0 Å². The average molecular weight is 406 g/mol. The van der Waals surface area contributed by atoms with Gasteiger partial charge in [0.1, 0.15) is 5.56 Å². The lowest BCUT2D eigenvalue weighted by Crippen LogP contribution is -2.10. The number of pyridine rings is 1. The monoisotopic (exact) mass is 406 g/mol. The molecule has 0 saturated heterocycles. The molecule has 0 saturated carbocycles. The SMILES string of the molecule is CCOC(=O)c1cnc2ccc(NC(=O)/C=C/c3cccc([N+](=O)[O-])c3)cc2c1N. The highest BCUT2D eigenvalue weighted by atomic mass is 16.6. The van der Waals surface area contributed by atoms with Crippen LogP contribution in [0.2, 0.25) is 0 Å². The van der Waals surface area contributed by atoms with Gasteiger partial charge in [-0.3, -0.25) is 19.9 Å². The van der Waals surface area contributed by atoms with Gasteiger partial charge in [-0.1, -0.05) is 12.1 Å². The van der Waals surface area contributed by atoms with E-state index in [2.05, 4.69) is 10.3 Å². The van der Waals surface area contributed by atoms with Gasteiger partial charge in [-0.05, 0) is 36.8 Å². The topological polar surface area (TPSA) is 137 Å². The van der Waals surface area contributed by atoms with Crippen molar-refractivity contribution < 1.29 is 19.2 Å². The summed E-state index contributed by atoms with van der Waals surface area (Å²) in [5.41, 5.74) is 7.93. The molecule has 0 bridgehead atoms. The van der Waals surface area contributed by atoms with Crippen LogP contribution in [0.5, 0.6) is 0 Å². The number of fused-ring (bicyclic) bond motifs is 1. The molecule has 152 valence electrons. The molecular formula is C21H18N4O5. The van der Waals surface area contributed by atoms with E-state index >= 15 is 0 Å². The van der Waals surface area contributed by atoms with Gasteiger partial charge in [-0.15, -0.1) is 0 Å². The molecule has 9 heteroatoms. The third-order valence-electron chi connectivity index (χ3n) is 4.18. The maximum absolute atomic E-state index is 12.2. The van der Waals surface area contributed by atoms with E-state index in [1.54, 1.807) is 31.2 Å². The number of aromatic nitrogens is 1. The summed E-state index contributed by atoms with van der Waals surface area (Å²) < 4.78 is 4.97. The summed E-state index contributed by atoms with van der Waals surface area (Å²) in [6.45, 7) is 1.90. The summed E-state index contributed by atoms with van der Waals surface area (Å²) in [6.07, 6.45) is 4.09. The van der Waals surface area contributed by atoms with Crippen molar-refractivity contribution in [2.75, 3.05) is 17.7 Å². The highest BCUT2D eigenvalue weighted by Crippen LogP contribution is 2.26. The number of nitro groups is 1.